The van der Waals surface area contributed by atoms with Crippen LogP contribution in [0, 0.1) is 0 Å². The summed E-state index contributed by atoms with van der Waals surface area (Å²) in [6, 6.07) is 15.9. The van der Waals surface area contributed by atoms with Crippen molar-refractivity contribution in [2.45, 2.75) is 32.4 Å². The summed E-state index contributed by atoms with van der Waals surface area (Å²) < 4.78 is 40.5. The molecule has 1 aromatic heterocycles. The van der Waals surface area contributed by atoms with Gasteiger partial charge in [-0.1, -0.05) is 24.2 Å². The zero-order valence-corrected chi connectivity index (χ0v) is 20.1. The summed E-state index contributed by atoms with van der Waals surface area (Å²) >= 11 is 0. The molecule has 0 aliphatic carbocycles. The van der Waals surface area contributed by atoms with E-state index >= 15 is 0 Å². The molecule has 1 atom stereocenters. The topological polar surface area (TPSA) is 98.9 Å². The highest BCUT2D eigenvalue weighted by Crippen LogP contribution is 2.26. The first-order valence-corrected chi connectivity index (χ1v) is 13.0. The average Bonchev–Trinajstić information content (AvgIpc) is 3.48. The summed E-state index contributed by atoms with van der Waals surface area (Å²) in [5.74, 6) is 1.56. The number of carbonyl (C=O) groups excluding carboxylic acids is 1. The van der Waals surface area contributed by atoms with E-state index in [4.69, 9.17) is 14.0 Å². The van der Waals surface area contributed by atoms with Gasteiger partial charge in [-0.05, 0) is 54.8 Å². The van der Waals surface area contributed by atoms with E-state index < -0.39 is 15.9 Å². The van der Waals surface area contributed by atoms with Crippen LogP contribution in [-0.4, -0.2) is 55.6 Å². The number of hydrogen-bond acceptors (Lipinski definition) is 7. The normalized spacial score (nSPS) is 16.8. The summed E-state index contributed by atoms with van der Waals surface area (Å²) in [5.41, 5.74) is 1.77. The molecule has 0 saturated carbocycles. The van der Waals surface area contributed by atoms with Gasteiger partial charge in [0, 0.05) is 24.2 Å². The number of carbonyl (C=O) groups is 1. The molecule has 0 unspecified atom stereocenters. The van der Waals surface area contributed by atoms with Crippen molar-refractivity contribution in [2.75, 3.05) is 25.2 Å². The van der Waals surface area contributed by atoms with Gasteiger partial charge in [0.1, 0.15) is 11.5 Å². The summed E-state index contributed by atoms with van der Waals surface area (Å²) in [5, 5.41) is 3.99. The number of aromatic nitrogens is 1. The predicted molar refractivity (Wildman–Crippen MR) is 128 cm³/mol. The lowest BCUT2D eigenvalue weighted by molar-refractivity contribution is 0.0670. The van der Waals surface area contributed by atoms with E-state index in [1.54, 1.807) is 30.2 Å². The first kappa shape index (κ1) is 23.8. The van der Waals surface area contributed by atoms with Crippen LogP contribution in [0.15, 0.2) is 59.1 Å². The Labute approximate surface area is 199 Å². The minimum Gasteiger partial charge on any atom is -0.497 e. The number of nitrogens with zero attached hydrogens (tertiary/aromatic N) is 2. The molecule has 0 N–H and O–H groups in total. The maximum Gasteiger partial charge on any atom is 0.276 e. The van der Waals surface area contributed by atoms with Crippen LogP contribution in [0.3, 0.4) is 0 Å². The van der Waals surface area contributed by atoms with Crippen LogP contribution in [0.2, 0.25) is 0 Å². The second kappa shape index (κ2) is 10.3. The van der Waals surface area contributed by atoms with Gasteiger partial charge in [-0.25, -0.2) is 8.42 Å². The third-order valence-corrected chi connectivity index (χ3v) is 7.51. The van der Waals surface area contributed by atoms with Gasteiger partial charge in [-0.2, -0.15) is 0 Å². The average molecular weight is 485 g/mol. The summed E-state index contributed by atoms with van der Waals surface area (Å²) in [4.78, 5) is 15.0. The minimum absolute atomic E-state index is 0.0559. The molecular weight excluding hydrogens is 456 g/mol. The third kappa shape index (κ3) is 5.59. The van der Waals surface area contributed by atoms with Crippen molar-refractivity contribution in [3.63, 3.8) is 0 Å². The molecular formula is C25H28N2O6S. The highest BCUT2D eigenvalue weighted by molar-refractivity contribution is 7.91. The Morgan fingerprint density at radius 1 is 1.12 bits per heavy atom. The quantitative estimate of drug-likeness (QED) is 0.453. The highest BCUT2D eigenvalue weighted by atomic mass is 32.2. The monoisotopic (exact) mass is 484 g/mol. The molecule has 0 radical (unpaired) electrons. The maximum atomic E-state index is 13.5. The van der Waals surface area contributed by atoms with Crippen molar-refractivity contribution < 1.29 is 27.2 Å². The van der Waals surface area contributed by atoms with Crippen LogP contribution in [-0.2, 0) is 16.4 Å². The van der Waals surface area contributed by atoms with Gasteiger partial charge in [0.15, 0.2) is 21.3 Å². The molecule has 1 aliphatic rings. The van der Waals surface area contributed by atoms with E-state index in [1.165, 1.54) is 0 Å². The highest BCUT2D eigenvalue weighted by Gasteiger charge is 2.36. The van der Waals surface area contributed by atoms with Crippen LogP contribution in [0.5, 0.6) is 11.5 Å². The Morgan fingerprint density at radius 2 is 1.82 bits per heavy atom. The smallest absolute Gasteiger partial charge is 0.276 e. The number of benzene rings is 2. The van der Waals surface area contributed by atoms with Gasteiger partial charge in [0.2, 0.25) is 0 Å². The lowest BCUT2D eigenvalue weighted by atomic mass is 10.1. The zero-order chi connectivity index (χ0) is 24.1. The largest absolute Gasteiger partial charge is 0.497 e. The molecule has 180 valence electrons. The number of hydrogen-bond donors (Lipinski definition) is 0. The van der Waals surface area contributed by atoms with Crippen LogP contribution < -0.4 is 9.47 Å². The fourth-order valence-electron chi connectivity index (χ4n) is 3.91. The molecule has 8 nitrogen and oxygen atoms in total. The van der Waals surface area contributed by atoms with Gasteiger partial charge >= 0.3 is 0 Å². The Balaban J connectivity index is 1.56. The van der Waals surface area contributed by atoms with E-state index in [1.807, 2.05) is 43.3 Å². The molecule has 1 amide bonds. The molecule has 0 spiro atoms. The van der Waals surface area contributed by atoms with E-state index in [0.717, 1.165) is 23.3 Å². The molecule has 2 aromatic carbocycles. The van der Waals surface area contributed by atoms with Gasteiger partial charge < -0.3 is 18.9 Å². The van der Waals surface area contributed by atoms with E-state index in [-0.39, 0.29) is 29.7 Å². The molecule has 1 saturated heterocycles. The van der Waals surface area contributed by atoms with Crippen molar-refractivity contribution in [1.82, 2.24) is 10.1 Å². The Morgan fingerprint density at radius 3 is 2.44 bits per heavy atom. The second-order valence-electron chi connectivity index (χ2n) is 8.29. The van der Waals surface area contributed by atoms with E-state index in [0.29, 0.717) is 24.5 Å². The van der Waals surface area contributed by atoms with Gasteiger partial charge in [-0.3, -0.25) is 4.79 Å². The van der Waals surface area contributed by atoms with E-state index in [9.17, 15) is 13.2 Å². The van der Waals surface area contributed by atoms with Crippen molar-refractivity contribution >= 4 is 15.7 Å². The fourth-order valence-corrected chi connectivity index (χ4v) is 5.64. The van der Waals surface area contributed by atoms with Crippen molar-refractivity contribution in [3.05, 3.63) is 65.9 Å². The van der Waals surface area contributed by atoms with Crippen molar-refractivity contribution in [2.24, 2.45) is 0 Å². The minimum atomic E-state index is -3.18. The Hall–Kier alpha value is -3.33. The van der Waals surface area contributed by atoms with Gasteiger partial charge in [0.05, 0.1) is 25.2 Å². The van der Waals surface area contributed by atoms with Crippen molar-refractivity contribution in [3.8, 4) is 22.8 Å². The van der Waals surface area contributed by atoms with Crippen molar-refractivity contribution in [1.29, 1.82) is 0 Å². The molecule has 1 aliphatic heterocycles. The summed E-state index contributed by atoms with van der Waals surface area (Å²) in [6.07, 6.45) is 1.31. The number of amides is 1. The van der Waals surface area contributed by atoms with Gasteiger partial charge in [-0.15, -0.1) is 0 Å². The number of methoxy groups -OCH3 is 1. The standard InChI is InChI=1S/C25H28N2O6S/c1-3-13-32-22-8-4-18(5-9-22)16-27(20-12-14-34(29,30)17-20)25(28)23-15-24(33-26-23)19-6-10-21(31-2)11-7-19/h4-11,15,20H,3,12-14,16-17H2,1-2H3/t20-/m0/s1. The first-order chi connectivity index (χ1) is 16.4. The van der Waals surface area contributed by atoms with Crippen LogP contribution in [0.25, 0.3) is 11.3 Å². The molecule has 2 heterocycles. The number of ether oxygens (including phenoxy) is 2. The van der Waals surface area contributed by atoms with Crippen LogP contribution in [0.1, 0.15) is 35.8 Å². The van der Waals surface area contributed by atoms with Crippen LogP contribution in [0.4, 0.5) is 0 Å². The van der Waals surface area contributed by atoms with E-state index in [2.05, 4.69) is 5.16 Å². The molecule has 0 bridgehead atoms. The molecule has 4 rings (SSSR count). The summed E-state index contributed by atoms with van der Waals surface area (Å²) in [7, 11) is -1.59. The Bertz CT molecular complexity index is 1220. The number of rotatable bonds is 9. The number of sulfone groups is 1. The SMILES string of the molecule is CCCOc1ccc(CN(C(=O)c2cc(-c3ccc(OC)cc3)on2)[C@H]2CCS(=O)(=O)C2)cc1. The van der Waals surface area contributed by atoms with Crippen LogP contribution >= 0.6 is 0 Å². The molecule has 1 fully saturated rings. The Kier molecular flexibility index (Phi) is 7.21. The third-order valence-electron chi connectivity index (χ3n) is 5.76. The predicted octanol–water partition coefficient (Wildman–Crippen LogP) is 3.97. The summed E-state index contributed by atoms with van der Waals surface area (Å²) in [6.45, 7) is 2.93. The zero-order valence-electron chi connectivity index (χ0n) is 19.3. The lowest BCUT2D eigenvalue weighted by Crippen LogP contribution is -2.40. The first-order valence-electron chi connectivity index (χ1n) is 11.2. The lowest BCUT2D eigenvalue weighted by Gasteiger charge is -2.27. The maximum absolute atomic E-state index is 13.5. The molecule has 34 heavy (non-hydrogen) atoms. The van der Waals surface area contributed by atoms with Gasteiger partial charge in [0.25, 0.3) is 5.91 Å². The molecule has 9 heteroatoms. The second-order valence-corrected chi connectivity index (χ2v) is 10.5. The molecule has 3 aromatic rings. The fraction of sp³-hybridized carbons (Fsp3) is 0.360.